The Morgan fingerprint density at radius 1 is 1.15 bits per heavy atom. The Bertz CT molecular complexity index is 551. The lowest BCUT2D eigenvalue weighted by Gasteiger charge is -2.18. The summed E-state index contributed by atoms with van der Waals surface area (Å²) in [5, 5.41) is 11.5. The summed E-state index contributed by atoms with van der Waals surface area (Å²) in [6.45, 7) is 0. The number of hydrogen-bond donors (Lipinski definition) is 1. The zero-order valence-corrected chi connectivity index (χ0v) is 11.7. The van der Waals surface area contributed by atoms with Crippen molar-refractivity contribution < 1.29 is 0 Å². The highest BCUT2D eigenvalue weighted by Gasteiger charge is 2.16. The standard InChI is InChI=1S/C15H19N5/c1-20(13-9-3-2-4-10-13)14-11-16-19-15(18-14)17-12-7-5-6-8-12/h2-4,9-12H,5-8H2,1H3,(H,17,18,19). The Balaban J connectivity index is 1.76. The van der Waals surface area contributed by atoms with E-state index in [-0.39, 0.29) is 0 Å². The predicted molar refractivity (Wildman–Crippen MR) is 80.2 cm³/mol. The Hall–Kier alpha value is -2.17. The number of nitrogens with one attached hydrogen (secondary N) is 1. The molecule has 0 atom stereocenters. The number of nitrogens with zero attached hydrogens (tertiary/aromatic N) is 4. The first-order valence-electron chi connectivity index (χ1n) is 7.08. The minimum Gasteiger partial charge on any atom is -0.350 e. The van der Waals surface area contributed by atoms with Gasteiger partial charge in [-0.3, -0.25) is 0 Å². The number of aromatic nitrogens is 3. The molecule has 0 saturated heterocycles. The van der Waals surface area contributed by atoms with Crippen LogP contribution in [0.5, 0.6) is 0 Å². The Kier molecular flexibility index (Phi) is 3.76. The molecule has 1 saturated carbocycles. The van der Waals surface area contributed by atoms with Crippen molar-refractivity contribution in [3.05, 3.63) is 36.5 Å². The quantitative estimate of drug-likeness (QED) is 0.924. The van der Waals surface area contributed by atoms with Gasteiger partial charge in [-0.15, -0.1) is 5.10 Å². The molecular weight excluding hydrogens is 250 g/mol. The zero-order chi connectivity index (χ0) is 13.8. The van der Waals surface area contributed by atoms with E-state index in [4.69, 9.17) is 0 Å². The minimum absolute atomic E-state index is 0.495. The maximum absolute atomic E-state index is 4.55. The molecule has 1 heterocycles. The van der Waals surface area contributed by atoms with E-state index in [0.29, 0.717) is 12.0 Å². The number of hydrogen-bond acceptors (Lipinski definition) is 5. The normalized spacial score (nSPS) is 15.2. The molecule has 1 N–H and O–H groups in total. The SMILES string of the molecule is CN(c1ccccc1)c1cnnc(NC2CCCC2)n1. The van der Waals surface area contributed by atoms with E-state index < -0.39 is 0 Å². The van der Waals surface area contributed by atoms with Crippen molar-refractivity contribution in [2.75, 3.05) is 17.3 Å². The molecule has 1 aliphatic rings. The lowest BCUT2D eigenvalue weighted by atomic mass is 10.2. The molecule has 3 rings (SSSR count). The Morgan fingerprint density at radius 2 is 1.90 bits per heavy atom. The minimum atomic E-state index is 0.495. The molecule has 2 aromatic rings. The van der Waals surface area contributed by atoms with Gasteiger partial charge in [-0.05, 0) is 25.0 Å². The first-order chi connectivity index (χ1) is 9.83. The van der Waals surface area contributed by atoms with Crippen molar-refractivity contribution >= 4 is 17.5 Å². The van der Waals surface area contributed by atoms with Crippen LogP contribution in [-0.4, -0.2) is 28.3 Å². The van der Waals surface area contributed by atoms with Crippen LogP contribution in [0, 0.1) is 0 Å². The second kappa shape index (κ2) is 5.86. The smallest absolute Gasteiger partial charge is 0.244 e. The summed E-state index contributed by atoms with van der Waals surface area (Å²) in [6, 6.07) is 10.6. The van der Waals surface area contributed by atoms with Gasteiger partial charge in [-0.25, -0.2) is 0 Å². The van der Waals surface area contributed by atoms with Gasteiger partial charge < -0.3 is 10.2 Å². The van der Waals surface area contributed by atoms with Crippen LogP contribution in [0.1, 0.15) is 25.7 Å². The lowest BCUT2D eigenvalue weighted by Crippen LogP contribution is -2.19. The van der Waals surface area contributed by atoms with Gasteiger partial charge in [-0.1, -0.05) is 31.0 Å². The van der Waals surface area contributed by atoms with Crippen LogP contribution < -0.4 is 10.2 Å². The molecule has 0 unspecified atom stereocenters. The van der Waals surface area contributed by atoms with Gasteiger partial charge in [0.2, 0.25) is 5.95 Å². The topological polar surface area (TPSA) is 53.9 Å². The maximum atomic E-state index is 4.55. The van der Waals surface area contributed by atoms with E-state index in [9.17, 15) is 0 Å². The van der Waals surface area contributed by atoms with Crippen LogP contribution in [0.2, 0.25) is 0 Å². The molecule has 0 spiro atoms. The fraction of sp³-hybridized carbons (Fsp3) is 0.400. The lowest BCUT2D eigenvalue weighted by molar-refractivity contribution is 0.737. The highest BCUT2D eigenvalue weighted by Crippen LogP contribution is 2.23. The fourth-order valence-electron chi connectivity index (χ4n) is 2.55. The summed E-state index contributed by atoms with van der Waals surface area (Å²) >= 11 is 0. The first-order valence-corrected chi connectivity index (χ1v) is 7.08. The van der Waals surface area contributed by atoms with Gasteiger partial charge in [0.05, 0.1) is 6.20 Å². The third kappa shape index (κ3) is 2.87. The number of benzene rings is 1. The van der Waals surface area contributed by atoms with Crippen LogP contribution in [0.15, 0.2) is 36.5 Å². The summed E-state index contributed by atoms with van der Waals surface area (Å²) in [5.74, 6) is 1.42. The third-order valence-electron chi connectivity index (χ3n) is 3.72. The van der Waals surface area contributed by atoms with Crippen molar-refractivity contribution in [2.24, 2.45) is 0 Å². The van der Waals surface area contributed by atoms with Gasteiger partial charge in [0, 0.05) is 18.8 Å². The van der Waals surface area contributed by atoms with Crippen LogP contribution in [0.4, 0.5) is 17.5 Å². The first kappa shape index (κ1) is 12.8. The summed E-state index contributed by atoms with van der Waals surface area (Å²) < 4.78 is 0. The average Bonchev–Trinajstić information content (AvgIpc) is 3.01. The monoisotopic (exact) mass is 269 g/mol. The van der Waals surface area contributed by atoms with Crippen molar-refractivity contribution in [1.29, 1.82) is 0 Å². The molecular formula is C15H19N5. The maximum Gasteiger partial charge on any atom is 0.244 e. The van der Waals surface area contributed by atoms with E-state index in [0.717, 1.165) is 11.5 Å². The number of rotatable bonds is 4. The molecule has 0 aliphatic heterocycles. The molecule has 104 valence electrons. The molecule has 5 nitrogen and oxygen atoms in total. The van der Waals surface area contributed by atoms with Gasteiger partial charge in [0.1, 0.15) is 0 Å². The Morgan fingerprint density at radius 3 is 2.65 bits per heavy atom. The molecule has 0 radical (unpaired) electrons. The van der Waals surface area contributed by atoms with E-state index in [2.05, 4.69) is 20.5 Å². The largest absolute Gasteiger partial charge is 0.350 e. The van der Waals surface area contributed by atoms with Crippen molar-refractivity contribution in [1.82, 2.24) is 15.2 Å². The van der Waals surface area contributed by atoms with Crippen molar-refractivity contribution in [2.45, 2.75) is 31.7 Å². The molecule has 1 aromatic heterocycles. The van der Waals surface area contributed by atoms with E-state index in [1.165, 1.54) is 25.7 Å². The zero-order valence-electron chi connectivity index (χ0n) is 11.7. The predicted octanol–water partition coefficient (Wildman–Crippen LogP) is 2.99. The van der Waals surface area contributed by atoms with Gasteiger partial charge >= 0.3 is 0 Å². The second-order valence-corrected chi connectivity index (χ2v) is 5.16. The molecule has 5 heteroatoms. The second-order valence-electron chi connectivity index (χ2n) is 5.16. The average molecular weight is 269 g/mol. The highest BCUT2D eigenvalue weighted by molar-refractivity contribution is 5.58. The Labute approximate surface area is 119 Å². The molecule has 1 aromatic carbocycles. The molecule has 20 heavy (non-hydrogen) atoms. The van der Waals surface area contributed by atoms with Gasteiger partial charge in [0.25, 0.3) is 0 Å². The molecule has 0 amide bonds. The van der Waals surface area contributed by atoms with Crippen LogP contribution in [0.25, 0.3) is 0 Å². The van der Waals surface area contributed by atoms with Crippen LogP contribution in [0.3, 0.4) is 0 Å². The van der Waals surface area contributed by atoms with E-state index in [1.807, 2.05) is 42.3 Å². The van der Waals surface area contributed by atoms with E-state index >= 15 is 0 Å². The molecule has 1 aliphatic carbocycles. The van der Waals surface area contributed by atoms with Gasteiger partial charge in [-0.2, -0.15) is 10.1 Å². The van der Waals surface area contributed by atoms with Gasteiger partial charge in [0.15, 0.2) is 5.82 Å². The van der Waals surface area contributed by atoms with Crippen molar-refractivity contribution in [3.63, 3.8) is 0 Å². The van der Waals surface area contributed by atoms with Crippen LogP contribution in [-0.2, 0) is 0 Å². The summed E-state index contributed by atoms with van der Waals surface area (Å²) in [4.78, 5) is 6.56. The van der Waals surface area contributed by atoms with E-state index in [1.54, 1.807) is 6.20 Å². The van der Waals surface area contributed by atoms with Crippen molar-refractivity contribution in [3.8, 4) is 0 Å². The summed E-state index contributed by atoms with van der Waals surface area (Å²) in [5.41, 5.74) is 1.08. The third-order valence-corrected chi connectivity index (χ3v) is 3.72. The fourth-order valence-corrected chi connectivity index (χ4v) is 2.55. The molecule has 1 fully saturated rings. The molecule has 0 bridgehead atoms. The highest BCUT2D eigenvalue weighted by atomic mass is 15.3. The summed E-state index contributed by atoms with van der Waals surface area (Å²) in [6.07, 6.45) is 6.65. The van der Waals surface area contributed by atoms with Crippen LogP contribution >= 0.6 is 0 Å². The number of para-hydroxylation sites is 1. The summed E-state index contributed by atoms with van der Waals surface area (Å²) in [7, 11) is 1.98. The number of anilines is 3.